The van der Waals surface area contributed by atoms with Gasteiger partial charge in [-0.05, 0) is 25.7 Å². The van der Waals surface area contributed by atoms with E-state index in [1.165, 1.54) is 12.8 Å². The summed E-state index contributed by atoms with van der Waals surface area (Å²) in [6.07, 6.45) is 8.04. The van der Waals surface area contributed by atoms with Crippen LogP contribution in [0.15, 0.2) is 6.20 Å². The molecule has 3 aliphatic heterocycles. The summed E-state index contributed by atoms with van der Waals surface area (Å²) in [6, 6.07) is 0. The van der Waals surface area contributed by atoms with Crippen molar-refractivity contribution in [2.75, 3.05) is 53.0 Å². The third kappa shape index (κ3) is 4.98. The highest BCUT2D eigenvalue weighted by atomic mass is 16.5. The number of hydrogen-bond donors (Lipinski definition) is 1. The standard InChI is InChI=1S/C23H35N5O4/c1-32-13-12-28-16-18(14-20(28)29)22(30)27-10-6-17(7-11-27)21-19(15-24-25-21)23(31)26-8-4-2-3-5-9-26/h15,17-18H,2-14,16H2,1H3,(H,24,25)/t18-/m0/s1. The van der Waals surface area contributed by atoms with Gasteiger partial charge in [0.05, 0.1) is 30.0 Å². The van der Waals surface area contributed by atoms with Crippen LogP contribution in [0.1, 0.15) is 66.9 Å². The van der Waals surface area contributed by atoms with Gasteiger partial charge < -0.3 is 19.4 Å². The third-order valence-electron chi connectivity index (χ3n) is 7.14. The fourth-order valence-corrected chi connectivity index (χ4v) is 5.22. The maximum Gasteiger partial charge on any atom is 0.257 e. The lowest BCUT2D eigenvalue weighted by Gasteiger charge is -2.33. The topological polar surface area (TPSA) is 98.8 Å². The highest BCUT2D eigenvalue weighted by molar-refractivity contribution is 5.95. The summed E-state index contributed by atoms with van der Waals surface area (Å²) in [5.41, 5.74) is 1.60. The Balaban J connectivity index is 1.33. The summed E-state index contributed by atoms with van der Waals surface area (Å²) in [5, 5.41) is 7.27. The number of carbonyl (C=O) groups excluding carboxylic acids is 3. The van der Waals surface area contributed by atoms with Crippen molar-refractivity contribution in [3.63, 3.8) is 0 Å². The zero-order valence-electron chi connectivity index (χ0n) is 19.1. The molecule has 1 atom stereocenters. The summed E-state index contributed by atoms with van der Waals surface area (Å²) >= 11 is 0. The Labute approximate surface area is 189 Å². The number of amides is 3. The quantitative estimate of drug-likeness (QED) is 0.718. The number of nitrogens with zero attached hydrogens (tertiary/aromatic N) is 4. The molecule has 32 heavy (non-hydrogen) atoms. The van der Waals surface area contributed by atoms with E-state index in [0.717, 1.165) is 44.5 Å². The zero-order valence-corrected chi connectivity index (χ0v) is 19.1. The number of aromatic nitrogens is 2. The van der Waals surface area contributed by atoms with Gasteiger partial charge in [-0.3, -0.25) is 19.5 Å². The van der Waals surface area contributed by atoms with Gasteiger partial charge in [0.2, 0.25) is 11.8 Å². The molecular formula is C23H35N5O4. The van der Waals surface area contributed by atoms with Crippen molar-refractivity contribution in [1.29, 1.82) is 0 Å². The molecule has 9 nitrogen and oxygen atoms in total. The largest absolute Gasteiger partial charge is 0.383 e. The maximum absolute atomic E-state index is 13.1. The van der Waals surface area contributed by atoms with E-state index in [1.54, 1.807) is 18.2 Å². The van der Waals surface area contributed by atoms with Gasteiger partial charge in [0, 0.05) is 58.7 Å². The number of rotatable bonds is 6. The molecule has 176 valence electrons. The number of nitrogens with one attached hydrogen (secondary N) is 1. The van der Waals surface area contributed by atoms with Crippen LogP contribution in [0.3, 0.4) is 0 Å². The van der Waals surface area contributed by atoms with Crippen LogP contribution >= 0.6 is 0 Å². The first-order valence-corrected chi connectivity index (χ1v) is 12.0. The molecule has 1 N–H and O–H groups in total. The number of hydrogen-bond acceptors (Lipinski definition) is 5. The average Bonchev–Trinajstić information content (AvgIpc) is 3.35. The van der Waals surface area contributed by atoms with Crippen LogP contribution < -0.4 is 0 Å². The molecule has 0 radical (unpaired) electrons. The Kier molecular flexibility index (Phi) is 7.44. The van der Waals surface area contributed by atoms with Crippen molar-refractivity contribution in [2.45, 2.75) is 50.9 Å². The van der Waals surface area contributed by atoms with Crippen LogP contribution in [0.5, 0.6) is 0 Å². The molecule has 1 aromatic rings. The Morgan fingerprint density at radius 3 is 2.50 bits per heavy atom. The van der Waals surface area contributed by atoms with Crippen molar-refractivity contribution in [3.8, 4) is 0 Å². The first kappa shape index (κ1) is 22.8. The van der Waals surface area contributed by atoms with Crippen LogP contribution in [-0.4, -0.2) is 95.6 Å². The lowest BCUT2D eigenvalue weighted by atomic mass is 9.90. The molecule has 0 spiro atoms. The van der Waals surface area contributed by atoms with Crippen LogP contribution in [-0.2, 0) is 14.3 Å². The van der Waals surface area contributed by atoms with E-state index in [9.17, 15) is 14.4 Å². The molecule has 4 rings (SSSR count). The van der Waals surface area contributed by atoms with E-state index in [0.29, 0.717) is 38.3 Å². The summed E-state index contributed by atoms with van der Waals surface area (Å²) in [6.45, 7) is 4.42. The third-order valence-corrected chi connectivity index (χ3v) is 7.14. The lowest BCUT2D eigenvalue weighted by Crippen LogP contribution is -2.42. The van der Waals surface area contributed by atoms with Gasteiger partial charge >= 0.3 is 0 Å². The van der Waals surface area contributed by atoms with Crippen LogP contribution in [0.4, 0.5) is 0 Å². The number of methoxy groups -OCH3 is 1. The van der Waals surface area contributed by atoms with Crippen LogP contribution in [0.2, 0.25) is 0 Å². The highest BCUT2D eigenvalue weighted by Crippen LogP contribution is 2.31. The highest BCUT2D eigenvalue weighted by Gasteiger charge is 2.38. The number of aromatic amines is 1. The van der Waals surface area contributed by atoms with Gasteiger partial charge in [-0.1, -0.05) is 12.8 Å². The fourth-order valence-electron chi connectivity index (χ4n) is 5.22. The smallest absolute Gasteiger partial charge is 0.257 e. The molecule has 9 heteroatoms. The normalized spacial score (nSPS) is 23.0. The zero-order chi connectivity index (χ0) is 22.5. The van der Waals surface area contributed by atoms with E-state index in [4.69, 9.17) is 4.74 Å². The van der Waals surface area contributed by atoms with Crippen molar-refractivity contribution in [2.24, 2.45) is 5.92 Å². The molecule has 0 bridgehead atoms. The van der Waals surface area contributed by atoms with E-state index in [-0.39, 0.29) is 36.0 Å². The Bertz CT molecular complexity index is 809. The summed E-state index contributed by atoms with van der Waals surface area (Å²) in [5.74, 6) is 0.112. The molecule has 0 aromatic carbocycles. The first-order chi connectivity index (χ1) is 15.6. The summed E-state index contributed by atoms with van der Waals surface area (Å²) < 4.78 is 5.06. The van der Waals surface area contributed by atoms with E-state index >= 15 is 0 Å². The van der Waals surface area contributed by atoms with Crippen molar-refractivity contribution >= 4 is 17.7 Å². The minimum atomic E-state index is -0.261. The molecule has 3 amide bonds. The minimum absolute atomic E-state index is 0.0319. The first-order valence-electron chi connectivity index (χ1n) is 12.0. The number of H-pyrrole nitrogens is 1. The van der Waals surface area contributed by atoms with E-state index in [1.807, 2.05) is 9.80 Å². The van der Waals surface area contributed by atoms with Crippen LogP contribution in [0, 0.1) is 5.92 Å². The van der Waals surface area contributed by atoms with Crippen molar-refractivity contribution in [3.05, 3.63) is 17.5 Å². The maximum atomic E-state index is 13.1. The summed E-state index contributed by atoms with van der Waals surface area (Å²) in [7, 11) is 1.61. The molecule has 0 unspecified atom stereocenters. The molecule has 3 fully saturated rings. The van der Waals surface area contributed by atoms with Gasteiger partial charge in [-0.15, -0.1) is 0 Å². The fraction of sp³-hybridized carbons (Fsp3) is 0.739. The number of ether oxygens (including phenoxy) is 1. The minimum Gasteiger partial charge on any atom is -0.383 e. The van der Waals surface area contributed by atoms with E-state index in [2.05, 4.69) is 10.2 Å². The monoisotopic (exact) mass is 445 g/mol. The predicted molar refractivity (Wildman–Crippen MR) is 118 cm³/mol. The SMILES string of the molecule is COCCN1C[C@@H](C(=O)N2CCC(c3[nH]ncc3C(=O)N3CCCCCC3)CC2)CC1=O. The molecule has 1 aromatic heterocycles. The molecule has 0 saturated carbocycles. The average molecular weight is 446 g/mol. The second-order valence-electron chi connectivity index (χ2n) is 9.24. The molecule has 0 aliphatic carbocycles. The molecular weight excluding hydrogens is 410 g/mol. The molecule has 4 heterocycles. The van der Waals surface area contributed by atoms with Gasteiger partial charge in [0.1, 0.15) is 0 Å². The van der Waals surface area contributed by atoms with Gasteiger partial charge in [0.25, 0.3) is 5.91 Å². The number of likely N-dealkylation sites (tertiary alicyclic amines) is 3. The second-order valence-corrected chi connectivity index (χ2v) is 9.24. The molecule has 3 aliphatic rings. The number of carbonyl (C=O) groups is 3. The van der Waals surface area contributed by atoms with Crippen LogP contribution in [0.25, 0.3) is 0 Å². The lowest BCUT2D eigenvalue weighted by molar-refractivity contribution is -0.136. The van der Waals surface area contributed by atoms with Gasteiger partial charge in [0.15, 0.2) is 0 Å². The Morgan fingerprint density at radius 2 is 1.81 bits per heavy atom. The predicted octanol–water partition coefficient (Wildman–Crippen LogP) is 1.63. The molecule has 3 saturated heterocycles. The van der Waals surface area contributed by atoms with Gasteiger partial charge in [-0.2, -0.15) is 5.10 Å². The number of piperidine rings is 1. The van der Waals surface area contributed by atoms with E-state index < -0.39 is 0 Å². The van der Waals surface area contributed by atoms with Gasteiger partial charge in [-0.25, -0.2) is 0 Å². The Hall–Kier alpha value is -2.42. The van der Waals surface area contributed by atoms with Crippen molar-refractivity contribution < 1.29 is 19.1 Å². The Morgan fingerprint density at radius 1 is 1.09 bits per heavy atom. The van der Waals surface area contributed by atoms with Crippen molar-refractivity contribution in [1.82, 2.24) is 24.9 Å². The summed E-state index contributed by atoms with van der Waals surface area (Å²) in [4.78, 5) is 43.9. The second kappa shape index (κ2) is 10.5.